The van der Waals surface area contributed by atoms with Gasteiger partial charge in [0, 0.05) is 6.07 Å². The van der Waals surface area contributed by atoms with E-state index in [2.05, 4.69) is 0 Å². The second kappa shape index (κ2) is 3.51. The van der Waals surface area contributed by atoms with Crippen molar-refractivity contribution in [2.75, 3.05) is 11.4 Å². The lowest BCUT2D eigenvalue weighted by molar-refractivity contribution is -0.117. The van der Waals surface area contributed by atoms with Crippen LogP contribution in [0.4, 0.5) is 10.1 Å². The van der Waals surface area contributed by atoms with E-state index in [0.29, 0.717) is 0 Å². The Kier molecular flexibility index (Phi) is 2.32. The number of rotatable bonds is 1. The molecule has 1 aliphatic rings. The zero-order valence-electron chi connectivity index (χ0n) is 7.85. The normalized spacial score (nSPS) is 21.1. The number of aliphatic hydroxyl groups is 1. The van der Waals surface area contributed by atoms with Gasteiger partial charge in [-0.05, 0) is 12.1 Å². The molecular formula is C10H10FNO3. The molecule has 1 atom stereocenters. The smallest absolute Gasteiger partial charge is 0.229 e. The molecule has 1 heterocycles. The molecule has 1 saturated heterocycles. The summed E-state index contributed by atoms with van der Waals surface area (Å²) in [6, 6.07) is 3.42. The molecule has 4 nitrogen and oxygen atoms in total. The lowest BCUT2D eigenvalue weighted by atomic mass is 10.2. The average Bonchev–Trinajstić information content (AvgIpc) is 2.45. The third-order valence-corrected chi connectivity index (χ3v) is 2.33. The Bertz CT molecular complexity index is 408. The van der Waals surface area contributed by atoms with Crippen molar-refractivity contribution in [1.29, 1.82) is 0 Å². The topological polar surface area (TPSA) is 60.8 Å². The number of halogens is 1. The van der Waals surface area contributed by atoms with Crippen LogP contribution in [0.15, 0.2) is 18.2 Å². The summed E-state index contributed by atoms with van der Waals surface area (Å²) in [5.74, 6) is -1.13. The first-order valence-corrected chi connectivity index (χ1v) is 4.55. The lowest BCUT2D eigenvalue weighted by Gasteiger charge is -2.16. The van der Waals surface area contributed by atoms with E-state index >= 15 is 0 Å². The van der Waals surface area contributed by atoms with Gasteiger partial charge in [0.15, 0.2) is 0 Å². The number of β-amino-alcohol motifs (C(OH)–C–C–N with tert-alkyl or cyclic N) is 1. The van der Waals surface area contributed by atoms with E-state index in [-0.39, 0.29) is 30.3 Å². The number of aliphatic hydroxyl groups excluding tert-OH is 1. The molecule has 0 radical (unpaired) electrons. The van der Waals surface area contributed by atoms with Crippen molar-refractivity contribution >= 4 is 11.6 Å². The predicted molar refractivity (Wildman–Crippen MR) is 51.0 cm³/mol. The molecule has 0 aliphatic carbocycles. The van der Waals surface area contributed by atoms with E-state index in [1.165, 1.54) is 11.0 Å². The highest BCUT2D eigenvalue weighted by molar-refractivity contribution is 5.97. The second-order valence-corrected chi connectivity index (χ2v) is 3.50. The Morgan fingerprint density at radius 3 is 2.73 bits per heavy atom. The number of anilines is 1. The molecule has 15 heavy (non-hydrogen) atoms. The van der Waals surface area contributed by atoms with E-state index < -0.39 is 11.9 Å². The first-order chi connectivity index (χ1) is 7.08. The highest BCUT2D eigenvalue weighted by Gasteiger charge is 2.30. The number of phenolic OH excluding ortho intramolecular Hbond substituents is 1. The van der Waals surface area contributed by atoms with Gasteiger partial charge in [0.25, 0.3) is 0 Å². The molecule has 2 rings (SSSR count). The van der Waals surface area contributed by atoms with Crippen molar-refractivity contribution in [3.63, 3.8) is 0 Å². The summed E-state index contributed by atoms with van der Waals surface area (Å²) < 4.78 is 12.7. The number of amides is 1. The largest absolute Gasteiger partial charge is 0.506 e. The summed E-state index contributed by atoms with van der Waals surface area (Å²) in [6.07, 6.45) is -0.682. The van der Waals surface area contributed by atoms with Crippen molar-refractivity contribution in [3.8, 4) is 5.75 Å². The van der Waals surface area contributed by atoms with Gasteiger partial charge in [-0.25, -0.2) is 4.39 Å². The van der Waals surface area contributed by atoms with Crippen LogP contribution in [0.3, 0.4) is 0 Å². The van der Waals surface area contributed by atoms with Gasteiger partial charge in [-0.1, -0.05) is 0 Å². The molecule has 1 aromatic carbocycles. The minimum atomic E-state index is -0.720. The Morgan fingerprint density at radius 1 is 1.47 bits per heavy atom. The predicted octanol–water partition coefficient (Wildman–Crippen LogP) is 0.629. The minimum absolute atomic E-state index is 0.0385. The molecule has 1 aromatic rings. The Morgan fingerprint density at radius 2 is 2.20 bits per heavy atom. The van der Waals surface area contributed by atoms with Crippen LogP contribution in [0.2, 0.25) is 0 Å². The molecular weight excluding hydrogens is 201 g/mol. The number of carbonyl (C=O) groups excluding carboxylic acids is 1. The molecule has 1 aliphatic heterocycles. The maximum absolute atomic E-state index is 12.7. The summed E-state index contributed by atoms with van der Waals surface area (Å²) >= 11 is 0. The van der Waals surface area contributed by atoms with E-state index in [1.807, 2.05) is 0 Å². The monoisotopic (exact) mass is 211 g/mol. The number of nitrogens with zero attached hydrogens (tertiary/aromatic N) is 1. The standard InChI is InChI=1S/C10H10FNO3/c11-6-1-2-8(9(14)3-6)12-5-7(13)4-10(12)15/h1-3,7,13-14H,4-5H2. The van der Waals surface area contributed by atoms with Gasteiger partial charge in [0.1, 0.15) is 11.6 Å². The Balaban J connectivity index is 2.34. The van der Waals surface area contributed by atoms with E-state index in [4.69, 9.17) is 0 Å². The molecule has 2 N–H and O–H groups in total. The molecule has 0 aromatic heterocycles. The van der Waals surface area contributed by atoms with Crippen molar-refractivity contribution < 1.29 is 19.4 Å². The number of hydrogen-bond acceptors (Lipinski definition) is 3. The van der Waals surface area contributed by atoms with Crippen LogP contribution in [0.25, 0.3) is 0 Å². The fourth-order valence-electron chi connectivity index (χ4n) is 1.65. The van der Waals surface area contributed by atoms with E-state index in [0.717, 1.165) is 12.1 Å². The van der Waals surface area contributed by atoms with Crippen LogP contribution in [-0.2, 0) is 4.79 Å². The molecule has 80 valence electrons. The summed E-state index contributed by atoms with van der Waals surface area (Å²) in [6.45, 7) is 0.137. The van der Waals surface area contributed by atoms with Crippen LogP contribution in [0.1, 0.15) is 6.42 Å². The molecule has 0 spiro atoms. The van der Waals surface area contributed by atoms with Crippen LogP contribution in [0.5, 0.6) is 5.75 Å². The Hall–Kier alpha value is -1.62. The molecule has 1 amide bonds. The third-order valence-electron chi connectivity index (χ3n) is 2.33. The second-order valence-electron chi connectivity index (χ2n) is 3.50. The van der Waals surface area contributed by atoms with Crippen LogP contribution in [0, 0.1) is 5.82 Å². The van der Waals surface area contributed by atoms with Gasteiger partial charge in [-0.15, -0.1) is 0 Å². The molecule has 0 saturated carbocycles. The van der Waals surface area contributed by atoms with Crippen LogP contribution in [-0.4, -0.2) is 28.8 Å². The Labute approximate surface area is 85.6 Å². The van der Waals surface area contributed by atoms with E-state index in [9.17, 15) is 19.4 Å². The average molecular weight is 211 g/mol. The zero-order valence-corrected chi connectivity index (χ0v) is 7.85. The molecule has 1 fully saturated rings. The van der Waals surface area contributed by atoms with Gasteiger partial charge in [0.05, 0.1) is 24.8 Å². The fourth-order valence-corrected chi connectivity index (χ4v) is 1.65. The van der Waals surface area contributed by atoms with E-state index in [1.54, 1.807) is 0 Å². The van der Waals surface area contributed by atoms with Crippen molar-refractivity contribution in [1.82, 2.24) is 0 Å². The van der Waals surface area contributed by atoms with Crippen molar-refractivity contribution in [2.24, 2.45) is 0 Å². The number of phenols is 1. The summed E-state index contributed by atoms with van der Waals surface area (Å²) in [5, 5.41) is 18.7. The number of hydrogen-bond donors (Lipinski definition) is 2. The van der Waals surface area contributed by atoms with Crippen molar-refractivity contribution in [3.05, 3.63) is 24.0 Å². The number of aromatic hydroxyl groups is 1. The minimum Gasteiger partial charge on any atom is -0.506 e. The number of benzene rings is 1. The highest BCUT2D eigenvalue weighted by Crippen LogP contribution is 2.30. The zero-order chi connectivity index (χ0) is 11.0. The van der Waals surface area contributed by atoms with Crippen LogP contribution < -0.4 is 4.90 Å². The van der Waals surface area contributed by atoms with Gasteiger partial charge in [-0.3, -0.25) is 4.79 Å². The molecule has 1 unspecified atom stereocenters. The fraction of sp³-hybridized carbons (Fsp3) is 0.300. The summed E-state index contributed by atoms with van der Waals surface area (Å²) in [4.78, 5) is 12.6. The SMILES string of the molecule is O=C1CC(O)CN1c1ccc(F)cc1O. The van der Waals surface area contributed by atoms with Gasteiger partial charge >= 0.3 is 0 Å². The summed E-state index contributed by atoms with van der Waals surface area (Å²) in [5.41, 5.74) is 0.234. The van der Waals surface area contributed by atoms with Gasteiger partial charge in [-0.2, -0.15) is 0 Å². The first-order valence-electron chi connectivity index (χ1n) is 4.55. The molecule has 5 heteroatoms. The highest BCUT2D eigenvalue weighted by atomic mass is 19.1. The molecule has 0 bridgehead atoms. The van der Waals surface area contributed by atoms with Gasteiger partial charge in [0.2, 0.25) is 5.91 Å². The summed E-state index contributed by atoms with van der Waals surface area (Å²) in [7, 11) is 0. The maximum atomic E-state index is 12.7. The third kappa shape index (κ3) is 1.78. The quantitative estimate of drug-likeness (QED) is 0.716. The van der Waals surface area contributed by atoms with Gasteiger partial charge < -0.3 is 15.1 Å². The maximum Gasteiger partial charge on any atom is 0.229 e. The number of carbonyl (C=O) groups is 1. The van der Waals surface area contributed by atoms with Crippen LogP contribution >= 0.6 is 0 Å². The lowest BCUT2D eigenvalue weighted by Crippen LogP contribution is -2.25. The van der Waals surface area contributed by atoms with Crippen molar-refractivity contribution in [2.45, 2.75) is 12.5 Å². The first kappa shape index (κ1) is 9.92.